The lowest BCUT2D eigenvalue weighted by Crippen LogP contribution is -2.15. The molecule has 0 atom stereocenters. The van der Waals surface area contributed by atoms with E-state index in [0.717, 1.165) is 0 Å². The van der Waals surface area contributed by atoms with Gasteiger partial charge in [-0.05, 0) is 6.26 Å². The lowest BCUT2D eigenvalue weighted by molar-refractivity contribution is -0.131. The summed E-state index contributed by atoms with van der Waals surface area (Å²) < 4.78 is 35.6. The lowest BCUT2D eigenvalue weighted by Gasteiger charge is -2.08. The summed E-state index contributed by atoms with van der Waals surface area (Å²) in [6.07, 6.45) is -3.33. The molecule has 1 aromatic heterocycles. The van der Waals surface area contributed by atoms with Gasteiger partial charge in [-0.2, -0.15) is 13.2 Å². The molecule has 1 aromatic rings. The molecular formula is C8H9ClF3N3S. The van der Waals surface area contributed by atoms with Crippen LogP contribution in [0.1, 0.15) is 6.42 Å². The summed E-state index contributed by atoms with van der Waals surface area (Å²) >= 11 is 6.94. The Bertz CT molecular complexity index is 359. The van der Waals surface area contributed by atoms with Crippen molar-refractivity contribution in [3.63, 3.8) is 0 Å². The molecule has 0 amide bonds. The van der Waals surface area contributed by atoms with E-state index in [0.29, 0.717) is 11.0 Å². The summed E-state index contributed by atoms with van der Waals surface area (Å²) in [7, 11) is 0. The highest BCUT2D eigenvalue weighted by Gasteiger charge is 2.26. The highest BCUT2D eigenvalue weighted by atomic mass is 35.5. The van der Waals surface area contributed by atoms with Crippen LogP contribution in [0.4, 0.5) is 19.0 Å². The average Bonchev–Trinajstić information content (AvgIpc) is 2.14. The molecule has 1 heterocycles. The van der Waals surface area contributed by atoms with Crippen LogP contribution in [0.3, 0.4) is 0 Å². The fourth-order valence-electron chi connectivity index (χ4n) is 0.911. The van der Waals surface area contributed by atoms with E-state index in [9.17, 15) is 13.2 Å². The van der Waals surface area contributed by atoms with E-state index < -0.39 is 12.6 Å². The number of alkyl halides is 3. The maximum absolute atomic E-state index is 11.9. The minimum Gasteiger partial charge on any atom is -0.370 e. The molecule has 0 bridgehead atoms. The van der Waals surface area contributed by atoms with Gasteiger partial charge in [0, 0.05) is 12.6 Å². The minimum absolute atomic E-state index is 0.203. The predicted molar refractivity (Wildman–Crippen MR) is 58.0 cm³/mol. The van der Waals surface area contributed by atoms with Gasteiger partial charge in [0.15, 0.2) is 5.16 Å². The molecule has 0 fully saturated rings. The number of anilines is 1. The highest BCUT2D eigenvalue weighted by Crippen LogP contribution is 2.20. The van der Waals surface area contributed by atoms with Crippen LogP contribution in [-0.2, 0) is 0 Å². The van der Waals surface area contributed by atoms with Crippen LogP contribution >= 0.6 is 23.4 Å². The number of hydrogen-bond acceptors (Lipinski definition) is 4. The third kappa shape index (κ3) is 4.89. The number of rotatable bonds is 4. The zero-order chi connectivity index (χ0) is 12.2. The number of nitrogens with zero attached hydrogens (tertiary/aromatic N) is 2. The van der Waals surface area contributed by atoms with Gasteiger partial charge in [-0.15, -0.1) is 0 Å². The van der Waals surface area contributed by atoms with Crippen molar-refractivity contribution in [3.8, 4) is 0 Å². The molecule has 0 aliphatic carbocycles. The van der Waals surface area contributed by atoms with Gasteiger partial charge in [0.2, 0.25) is 0 Å². The molecule has 1 N–H and O–H groups in total. The Labute approximate surface area is 99.8 Å². The summed E-state index contributed by atoms with van der Waals surface area (Å²) in [6, 6.07) is 1.39. The second kappa shape index (κ2) is 5.58. The molecule has 0 aromatic carbocycles. The van der Waals surface area contributed by atoms with E-state index in [1.807, 2.05) is 0 Å². The topological polar surface area (TPSA) is 37.8 Å². The first kappa shape index (κ1) is 13.4. The molecule has 90 valence electrons. The first-order valence-corrected chi connectivity index (χ1v) is 5.90. The molecular weight excluding hydrogens is 263 g/mol. The van der Waals surface area contributed by atoms with E-state index in [-0.39, 0.29) is 11.7 Å². The first-order valence-electron chi connectivity index (χ1n) is 4.30. The first-order chi connectivity index (χ1) is 7.40. The van der Waals surface area contributed by atoms with Crippen molar-refractivity contribution < 1.29 is 13.2 Å². The van der Waals surface area contributed by atoms with Crippen molar-refractivity contribution in [2.24, 2.45) is 0 Å². The largest absolute Gasteiger partial charge is 0.390 e. The molecule has 0 radical (unpaired) electrons. The quantitative estimate of drug-likeness (QED) is 0.518. The maximum atomic E-state index is 11.9. The summed E-state index contributed by atoms with van der Waals surface area (Å²) in [4.78, 5) is 7.82. The molecule has 1 rings (SSSR count). The third-order valence-electron chi connectivity index (χ3n) is 1.57. The Balaban J connectivity index is 2.57. The summed E-state index contributed by atoms with van der Waals surface area (Å²) in [5, 5.41) is 3.17. The molecule has 16 heavy (non-hydrogen) atoms. The van der Waals surface area contributed by atoms with Crippen LogP contribution in [0, 0.1) is 0 Å². The molecule has 0 spiro atoms. The van der Waals surface area contributed by atoms with Crippen LogP contribution in [0.2, 0.25) is 5.15 Å². The number of halogens is 4. The summed E-state index contributed by atoms with van der Waals surface area (Å²) in [5.41, 5.74) is 0. The van der Waals surface area contributed by atoms with Crippen LogP contribution in [0.15, 0.2) is 11.2 Å². The molecule has 3 nitrogen and oxygen atoms in total. The smallest absolute Gasteiger partial charge is 0.370 e. The molecule has 0 saturated heterocycles. The van der Waals surface area contributed by atoms with Crippen molar-refractivity contribution in [1.29, 1.82) is 0 Å². The zero-order valence-electron chi connectivity index (χ0n) is 8.31. The maximum Gasteiger partial charge on any atom is 0.390 e. The average molecular weight is 272 g/mol. The van der Waals surface area contributed by atoms with Crippen LogP contribution in [0.5, 0.6) is 0 Å². The van der Waals surface area contributed by atoms with Crippen molar-refractivity contribution in [3.05, 3.63) is 11.2 Å². The number of nitrogens with one attached hydrogen (secondary N) is 1. The second-order valence-corrected chi connectivity index (χ2v) is 4.02. The Morgan fingerprint density at radius 3 is 2.69 bits per heavy atom. The molecule has 0 aliphatic heterocycles. The summed E-state index contributed by atoms with van der Waals surface area (Å²) in [5.74, 6) is 0.300. The number of aromatic nitrogens is 2. The highest BCUT2D eigenvalue weighted by molar-refractivity contribution is 7.98. The summed E-state index contributed by atoms with van der Waals surface area (Å²) in [6.45, 7) is -0.231. The Morgan fingerprint density at radius 1 is 1.44 bits per heavy atom. The monoisotopic (exact) mass is 271 g/mol. The second-order valence-electron chi connectivity index (χ2n) is 2.85. The van der Waals surface area contributed by atoms with E-state index in [4.69, 9.17) is 11.6 Å². The molecule has 0 unspecified atom stereocenters. The van der Waals surface area contributed by atoms with Crippen LogP contribution in [-0.4, -0.2) is 28.9 Å². The van der Waals surface area contributed by atoms with Crippen LogP contribution < -0.4 is 5.32 Å². The molecule has 0 saturated carbocycles. The molecule has 0 aliphatic rings. The van der Waals surface area contributed by atoms with E-state index >= 15 is 0 Å². The van der Waals surface area contributed by atoms with Gasteiger partial charge in [0.1, 0.15) is 11.0 Å². The van der Waals surface area contributed by atoms with Gasteiger partial charge in [0.25, 0.3) is 0 Å². The third-order valence-corrected chi connectivity index (χ3v) is 2.31. The van der Waals surface area contributed by atoms with Crippen molar-refractivity contribution in [1.82, 2.24) is 9.97 Å². The van der Waals surface area contributed by atoms with Gasteiger partial charge in [-0.1, -0.05) is 23.4 Å². The Kier molecular flexibility index (Phi) is 4.67. The zero-order valence-corrected chi connectivity index (χ0v) is 9.88. The van der Waals surface area contributed by atoms with Gasteiger partial charge < -0.3 is 5.32 Å². The van der Waals surface area contributed by atoms with Gasteiger partial charge in [0.05, 0.1) is 6.42 Å². The van der Waals surface area contributed by atoms with Crippen molar-refractivity contribution >= 4 is 29.2 Å². The Morgan fingerprint density at radius 2 is 2.12 bits per heavy atom. The lowest BCUT2D eigenvalue weighted by atomic mass is 10.4. The normalized spacial score (nSPS) is 11.6. The number of thioether (sulfide) groups is 1. The van der Waals surface area contributed by atoms with Gasteiger partial charge in [-0.25, -0.2) is 9.97 Å². The Hall–Kier alpha value is -0.690. The molecule has 8 heteroatoms. The minimum atomic E-state index is -4.17. The number of hydrogen-bond donors (Lipinski definition) is 1. The van der Waals surface area contributed by atoms with Crippen molar-refractivity contribution in [2.75, 3.05) is 18.1 Å². The SMILES string of the molecule is CSc1nc(Cl)cc(NCCC(F)(F)F)n1. The van der Waals surface area contributed by atoms with Gasteiger partial charge >= 0.3 is 6.18 Å². The van der Waals surface area contributed by atoms with Crippen LogP contribution in [0.25, 0.3) is 0 Å². The fraction of sp³-hybridized carbons (Fsp3) is 0.500. The standard InChI is InChI=1S/C8H9ClF3N3S/c1-16-7-14-5(9)4-6(15-7)13-3-2-8(10,11)12/h4H,2-3H2,1H3,(H,13,14,15). The van der Waals surface area contributed by atoms with Gasteiger partial charge in [-0.3, -0.25) is 0 Å². The predicted octanol–water partition coefficient (Wildman–Crippen LogP) is 3.22. The van der Waals surface area contributed by atoms with E-state index in [1.54, 1.807) is 6.26 Å². The fourth-order valence-corrected chi connectivity index (χ4v) is 1.52. The van der Waals surface area contributed by atoms with E-state index in [1.165, 1.54) is 17.8 Å². The van der Waals surface area contributed by atoms with E-state index in [2.05, 4.69) is 15.3 Å². The van der Waals surface area contributed by atoms with Crippen molar-refractivity contribution in [2.45, 2.75) is 17.8 Å².